The summed E-state index contributed by atoms with van der Waals surface area (Å²) >= 11 is 6.10. The van der Waals surface area contributed by atoms with E-state index in [9.17, 15) is 4.39 Å². The number of rotatable bonds is 4. The van der Waals surface area contributed by atoms with Crippen LogP contribution in [0.4, 0.5) is 10.2 Å². The van der Waals surface area contributed by atoms with Crippen molar-refractivity contribution in [1.29, 1.82) is 0 Å². The Labute approximate surface area is 148 Å². The van der Waals surface area contributed by atoms with Crippen LogP contribution in [0.5, 0.6) is 0 Å². The van der Waals surface area contributed by atoms with E-state index in [4.69, 9.17) is 16.0 Å². The predicted molar refractivity (Wildman–Crippen MR) is 96.0 cm³/mol. The molecule has 4 nitrogen and oxygen atoms in total. The number of benzene rings is 2. The molecule has 0 aliphatic carbocycles. The zero-order chi connectivity index (χ0) is 17.2. The van der Waals surface area contributed by atoms with Crippen molar-refractivity contribution in [2.24, 2.45) is 0 Å². The molecule has 0 saturated carbocycles. The minimum Gasteiger partial charge on any atom is -0.467 e. The van der Waals surface area contributed by atoms with Crippen LogP contribution in [0.1, 0.15) is 5.76 Å². The van der Waals surface area contributed by atoms with Crippen molar-refractivity contribution >= 4 is 28.3 Å². The summed E-state index contributed by atoms with van der Waals surface area (Å²) in [5, 5.41) is 4.71. The molecule has 124 valence electrons. The maximum Gasteiger partial charge on any atom is 0.162 e. The number of hydrogen-bond donors (Lipinski definition) is 1. The fourth-order valence-corrected chi connectivity index (χ4v) is 2.72. The van der Waals surface area contributed by atoms with Gasteiger partial charge in [0.1, 0.15) is 17.4 Å². The van der Waals surface area contributed by atoms with Gasteiger partial charge in [-0.15, -0.1) is 0 Å². The average Bonchev–Trinajstić information content (AvgIpc) is 3.13. The second-order valence-electron chi connectivity index (χ2n) is 5.50. The molecule has 2 heterocycles. The van der Waals surface area contributed by atoms with Crippen molar-refractivity contribution in [3.8, 4) is 11.4 Å². The van der Waals surface area contributed by atoms with Gasteiger partial charge in [-0.2, -0.15) is 0 Å². The molecule has 4 aromatic rings. The van der Waals surface area contributed by atoms with Gasteiger partial charge >= 0.3 is 0 Å². The molecule has 0 spiro atoms. The molecule has 0 amide bonds. The quantitative estimate of drug-likeness (QED) is 0.541. The van der Waals surface area contributed by atoms with Crippen molar-refractivity contribution in [2.45, 2.75) is 6.54 Å². The molecule has 0 bridgehead atoms. The van der Waals surface area contributed by atoms with E-state index in [-0.39, 0.29) is 5.82 Å². The van der Waals surface area contributed by atoms with Crippen molar-refractivity contribution in [1.82, 2.24) is 9.97 Å². The summed E-state index contributed by atoms with van der Waals surface area (Å²) in [5.41, 5.74) is 1.44. The molecule has 0 fully saturated rings. The van der Waals surface area contributed by atoms with Crippen LogP contribution in [0.25, 0.3) is 22.3 Å². The van der Waals surface area contributed by atoms with Gasteiger partial charge in [0, 0.05) is 16.0 Å². The SMILES string of the molecule is Fc1ccc(-c2nc(NCc3ccco3)c3ccc(Cl)cc3n2)cc1. The Balaban J connectivity index is 1.79. The summed E-state index contributed by atoms with van der Waals surface area (Å²) in [5.74, 6) is 1.65. The van der Waals surface area contributed by atoms with E-state index in [2.05, 4.69) is 15.3 Å². The van der Waals surface area contributed by atoms with Crippen molar-refractivity contribution in [2.75, 3.05) is 5.32 Å². The molecule has 4 rings (SSSR count). The second kappa shape index (κ2) is 6.53. The van der Waals surface area contributed by atoms with E-state index in [0.717, 1.165) is 16.7 Å². The van der Waals surface area contributed by atoms with Crippen LogP contribution < -0.4 is 5.32 Å². The largest absolute Gasteiger partial charge is 0.467 e. The number of nitrogens with one attached hydrogen (secondary N) is 1. The average molecular weight is 354 g/mol. The van der Waals surface area contributed by atoms with Gasteiger partial charge in [0.25, 0.3) is 0 Å². The van der Waals surface area contributed by atoms with Crippen molar-refractivity contribution < 1.29 is 8.81 Å². The Morgan fingerprint density at radius 3 is 2.64 bits per heavy atom. The summed E-state index contributed by atoms with van der Waals surface area (Å²) in [6.45, 7) is 0.491. The van der Waals surface area contributed by atoms with Crippen LogP contribution in [0.3, 0.4) is 0 Å². The van der Waals surface area contributed by atoms with Crippen LogP contribution in [0.15, 0.2) is 65.3 Å². The molecule has 0 unspecified atom stereocenters. The van der Waals surface area contributed by atoms with Gasteiger partial charge in [-0.25, -0.2) is 14.4 Å². The van der Waals surface area contributed by atoms with Gasteiger partial charge in [0.15, 0.2) is 5.82 Å². The van der Waals surface area contributed by atoms with E-state index < -0.39 is 0 Å². The third kappa shape index (κ3) is 3.32. The van der Waals surface area contributed by atoms with Crippen LogP contribution >= 0.6 is 11.6 Å². The molecule has 0 aliphatic rings. The number of nitrogens with zero attached hydrogens (tertiary/aromatic N) is 2. The fraction of sp³-hybridized carbons (Fsp3) is 0.0526. The predicted octanol–water partition coefficient (Wildman–Crippen LogP) is 5.29. The molecular weight excluding hydrogens is 341 g/mol. The maximum absolute atomic E-state index is 13.2. The Morgan fingerprint density at radius 1 is 1.04 bits per heavy atom. The molecule has 6 heteroatoms. The van der Waals surface area contributed by atoms with Gasteiger partial charge in [-0.05, 0) is 54.6 Å². The first-order valence-electron chi connectivity index (χ1n) is 7.68. The molecule has 1 N–H and O–H groups in total. The summed E-state index contributed by atoms with van der Waals surface area (Å²) in [6.07, 6.45) is 1.62. The number of furan rings is 1. The van der Waals surface area contributed by atoms with Gasteiger partial charge in [-0.3, -0.25) is 0 Å². The molecule has 2 aromatic heterocycles. The van der Waals surface area contributed by atoms with Crippen molar-refractivity contribution in [3.63, 3.8) is 0 Å². The Morgan fingerprint density at radius 2 is 1.88 bits per heavy atom. The fourth-order valence-electron chi connectivity index (χ4n) is 2.55. The molecule has 2 aromatic carbocycles. The van der Waals surface area contributed by atoms with E-state index >= 15 is 0 Å². The topological polar surface area (TPSA) is 51.0 Å². The van der Waals surface area contributed by atoms with Crippen LogP contribution in [0.2, 0.25) is 5.02 Å². The molecule has 0 radical (unpaired) electrons. The first kappa shape index (κ1) is 15.6. The number of aromatic nitrogens is 2. The van der Waals surface area contributed by atoms with Gasteiger partial charge in [0.2, 0.25) is 0 Å². The third-order valence-electron chi connectivity index (χ3n) is 3.77. The Hall–Kier alpha value is -2.92. The number of fused-ring (bicyclic) bond motifs is 1. The first-order chi connectivity index (χ1) is 12.2. The minimum absolute atomic E-state index is 0.302. The normalized spacial score (nSPS) is 11.0. The zero-order valence-electron chi connectivity index (χ0n) is 13.0. The lowest BCUT2D eigenvalue weighted by molar-refractivity contribution is 0.518. The van der Waals surface area contributed by atoms with Crippen LogP contribution in [-0.2, 0) is 6.54 Å². The smallest absolute Gasteiger partial charge is 0.162 e. The van der Waals surface area contributed by atoms with Gasteiger partial charge in [-0.1, -0.05) is 11.6 Å². The van der Waals surface area contributed by atoms with Gasteiger partial charge in [0.05, 0.1) is 18.3 Å². The van der Waals surface area contributed by atoms with E-state index in [1.54, 1.807) is 30.5 Å². The lowest BCUT2D eigenvalue weighted by Crippen LogP contribution is -2.03. The highest BCUT2D eigenvalue weighted by molar-refractivity contribution is 6.31. The zero-order valence-corrected chi connectivity index (χ0v) is 13.8. The lowest BCUT2D eigenvalue weighted by Gasteiger charge is -2.10. The maximum atomic E-state index is 13.2. The molecular formula is C19H13ClFN3O. The highest BCUT2D eigenvalue weighted by Gasteiger charge is 2.11. The summed E-state index contributed by atoms with van der Waals surface area (Å²) in [7, 11) is 0. The molecule has 25 heavy (non-hydrogen) atoms. The number of halogens is 2. The Kier molecular flexibility index (Phi) is 4.07. The monoisotopic (exact) mass is 353 g/mol. The number of anilines is 1. The molecule has 0 aliphatic heterocycles. The Bertz CT molecular complexity index is 1020. The summed E-state index contributed by atoms with van der Waals surface area (Å²) in [4.78, 5) is 9.16. The molecule has 0 atom stereocenters. The standard InChI is InChI=1S/C19H13ClFN3O/c20-13-5-8-16-17(10-13)23-18(12-3-6-14(21)7-4-12)24-19(16)22-11-15-2-1-9-25-15/h1-10H,11H2,(H,22,23,24). The third-order valence-corrected chi connectivity index (χ3v) is 4.01. The number of hydrogen-bond acceptors (Lipinski definition) is 4. The summed E-state index contributed by atoms with van der Waals surface area (Å²) < 4.78 is 18.5. The van der Waals surface area contributed by atoms with Crippen LogP contribution in [0, 0.1) is 5.82 Å². The summed E-state index contributed by atoms with van der Waals surface area (Å²) in [6, 6.07) is 15.2. The second-order valence-corrected chi connectivity index (χ2v) is 5.93. The highest BCUT2D eigenvalue weighted by Crippen LogP contribution is 2.27. The van der Waals surface area contributed by atoms with E-state index in [1.807, 2.05) is 18.2 Å². The van der Waals surface area contributed by atoms with Crippen molar-refractivity contribution in [3.05, 3.63) is 77.5 Å². The van der Waals surface area contributed by atoms with E-state index in [1.165, 1.54) is 12.1 Å². The van der Waals surface area contributed by atoms with Crippen LogP contribution in [-0.4, -0.2) is 9.97 Å². The van der Waals surface area contributed by atoms with Gasteiger partial charge < -0.3 is 9.73 Å². The first-order valence-corrected chi connectivity index (χ1v) is 8.06. The lowest BCUT2D eigenvalue weighted by atomic mass is 10.1. The highest BCUT2D eigenvalue weighted by atomic mass is 35.5. The molecule has 0 saturated heterocycles. The van der Waals surface area contributed by atoms with E-state index in [0.29, 0.717) is 28.7 Å². The minimum atomic E-state index is -0.302.